The molecule has 214 valence electrons. The van der Waals surface area contributed by atoms with Crippen LogP contribution in [0.2, 0.25) is 5.02 Å². The van der Waals surface area contributed by atoms with Gasteiger partial charge in [0.15, 0.2) is 39.5 Å². The van der Waals surface area contributed by atoms with Crippen LogP contribution in [0.1, 0.15) is 22.2 Å². The van der Waals surface area contributed by atoms with Crippen LogP contribution < -0.4 is 23.8 Å². The zero-order valence-corrected chi connectivity index (χ0v) is 24.3. The molecule has 5 aromatic rings. The second-order valence-electron chi connectivity index (χ2n) is 9.23. The Bertz CT molecular complexity index is 1900. The van der Waals surface area contributed by atoms with Crippen LogP contribution in [0.25, 0.3) is 21.2 Å². The highest BCUT2D eigenvalue weighted by Gasteiger charge is 2.47. The molecule has 3 heterocycles. The molecular formula is C30H23ClN2O8S. The van der Waals surface area contributed by atoms with E-state index >= 15 is 0 Å². The molecular weight excluding hydrogens is 584 g/mol. The van der Waals surface area contributed by atoms with Gasteiger partial charge in [-0.2, -0.15) is 0 Å². The van der Waals surface area contributed by atoms with Gasteiger partial charge in [-0.3, -0.25) is 14.5 Å². The molecule has 2 aromatic heterocycles. The van der Waals surface area contributed by atoms with Crippen LogP contribution in [0.15, 0.2) is 70.3 Å². The van der Waals surface area contributed by atoms with E-state index in [4.69, 9.17) is 35.0 Å². The summed E-state index contributed by atoms with van der Waals surface area (Å²) < 4.78 is 28.6. The van der Waals surface area contributed by atoms with Gasteiger partial charge >= 0.3 is 0 Å². The number of amides is 1. The summed E-state index contributed by atoms with van der Waals surface area (Å²) in [7, 11) is 5.87. The Labute approximate surface area is 248 Å². The average molecular weight is 607 g/mol. The second-order valence-corrected chi connectivity index (χ2v) is 10.7. The molecule has 0 fully saturated rings. The molecule has 12 heteroatoms. The van der Waals surface area contributed by atoms with Gasteiger partial charge in [-0.1, -0.05) is 35.1 Å². The molecule has 1 aliphatic rings. The monoisotopic (exact) mass is 606 g/mol. The van der Waals surface area contributed by atoms with Crippen molar-refractivity contribution in [1.29, 1.82) is 0 Å². The van der Waals surface area contributed by atoms with Gasteiger partial charge in [0.1, 0.15) is 0 Å². The first-order chi connectivity index (χ1) is 20.3. The van der Waals surface area contributed by atoms with E-state index in [0.717, 1.165) is 4.70 Å². The van der Waals surface area contributed by atoms with Gasteiger partial charge in [-0.05, 0) is 48.0 Å². The number of hydrogen-bond donors (Lipinski definition) is 1. The Morgan fingerprint density at radius 2 is 1.69 bits per heavy atom. The molecule has 1 unspecified atom stereocenters. The predicted octanol–water partition coefficient (Wildman–Crippen LogP) is 6.51. The molecule has 0 saturated heterocycles. The summed E-state index contributed by atoms with van der Waals surface area (Å²) in [4.78, 5) is 33.8. The minimum Gasteiger partial charge on any atom is -0.503 e. The maximum Gasteiger partial charge on any atom is 0.296 e. The van der Waals surface area contributed by atoms with E-state index < -0.39 is 23.5 Å². The largest absolute Gasteiger partial charge is 0.503 e. The van der Waals surface area contributed by atoms with Crippen molar-refractivity contribution in [2.75, 3.05) is 33.3 Å². The van der Waals surface area contributed by atoms with Crippen LogP contribution in [-0.4, -0.2) is 50.2 Å². The number of rotatable bonds is 8. The molecule has 1 aliphatic heterocycles. The number of methoxy groups -OCH3 is 4. The third-order valence-electron chi connectivity index (χ3n) is 6.95. The first-order valence-electron chi connectivity index (χ1n) is 12.5. The Hall–Kier alpha value is -4.74. The lowest BCUT2D eigenvalue weighted by Gasteiger charge is -2.25. The Kier molecular flexibility index (Phi) is 6.91. The maximum absolute atomic E-state index is 14.1. The predicted molar refractivity (Wildman–Crippen MR) is 158 cm³/mol. The number of carbonyl (C=O) groups is 2. The smallest absolute Gasteiger partial charge is 0.296 e. The molecule has 0 saturated carbocycles. The molecule has 1 atom stereocenters. The SMILES string of the molecule is COc1cc(C2C(C(=O)c3cc4cccc(OC)c4o3)=C(O)C(=O)N2c2nc3ccc(Cl)cc3s2)cc(OC)c1OC. The van der Waals surface area contributed by atoms with E-state index in [1.165, 1.54) is 44.7 Å². The van der Waals surface area contributed by atoms with Crippen molar-refractivity contribution in [3.05, 3.63) is 82.3 Å². The normalized spacial score (nSPS) is 15.1. The van der Waals surface area contributed by atoms with E-state index in [0.29, 0.717) is 50.1 Å². The van der Waals surface area contributed by atoms with Crippen LogP contribution in [0.3, 0.4) is 0 Å². The molecule has 1 amide bonds. The number of hydrogen-bond acceptors (Lipinski definition) is 10. The van der Waals surface area contributed by atoms with Crippen LogP contribution >= 0.6 is 22.9 Å². The number of benzene rings is 3. The first kappa shape index (κ1) is 27.4. The van der Waals surface area contributed by atoms with E-state index in [2.05, 4.69) is 4.98 Å². The number of Topliss-reactive ketones (excluding diaryl/α,β-unsaturated/α-hetero) is 1. The van der Waals surface area contributed by atoms with E-state index in [-0.39, 0.29) is 16.5 Å². The summed E-state index contributed by atoms with van der Waals surface area (Å²) in [5, 5.41) is 12.6. The second kappa shape index (κ2) is 10.6. The highest BCUT2D eigenvalue weighted by molar-refractivity contribution is 7.22. The van der Waals surface area contributed by atoms with E-state index in [9.17, 15) is 14.7 Å². The molecule has 0 spiro atoms. The minimum absolute atomic E-state index is 0.0841. The number of nitrogens with zero attached hydrogens (tertiary/aromatic N) is 2. The third-order valence-corrected chi connectivity index (χ3v) is 8.21. The lowest BCUT2D eigenvalue weighted by atomic mass is 9.94. The fourth-order valence-corrected chi connectivity index (χ4v) is 6.31. The number of aliphatic hydroxyl groups excluding tert-OH is 1. The lowest BCUT2D eigenvalue weighted by Crippen LogP contribution is -2.31. The molecule has 6 rings (SSSR count). The molecule has 0 bridgehead atoms. The summed E-state index contributed by atoms with van der Waals surface area (Å²) in [6.45, 7) is 0. The summed E-state index contributed by atoms with van der Waals surface area (Å²) in [5.41, 5.74) is 1.15. The number of aliphatic hydroxyl groups is 1. The molecule has 42 heavy (non-hydrogen) atoms. The zero-order valence-electron chi connectivity index (χ0n) is 22.8. The molecule has 10 nitrogen and oxygen atoms in total. The molecule has 1 N–H and O–H groups in total. The van der Waals surface area contributed by atoms with Gasteiger partial charge in [-0.15, -0.1) is 0 Å². The number of ether oxygens (including phenoxy) is 4. The highest BCUT2D eigenvalue weighted by atomic mass is 35.5. The Balaban J connectivity index is 1.56. The van der Waals surface area contributed by atoms with E-state index in [1.54, 1.807) is 54.6 Å². The lowest BCUT2D eigenvalue weighted by molar-refractivity contribution is -0.117. The van der Waals surface area contributed by atoms with Gasteiger partial charge in [-0.25, -0.2) is 4.98 Å². The number of para-hydroxylation sites is 1. The van der Waals surface area contributed by atoms with Gasteiger partial charge < -0.3 is 28.5 Å². The van der Waals surface area contributed by atoms with Crippen molar-refractivity contribution in [2.24, 2.45) is 0 Å². The van der Waals surface area contributed by atoms with Crippen LogP contribution in [0, 0.1) is 0 Å². The van der Waals surface area contributed by atoms with Gasteiger partial charge in [0.25, 0.3) is 5.91 Å². The number of anilines is 1. The zero-order chi connectivity index (χ0) is 29.7. The number of furan rings is 1. The van der Waals surface area contributed by atoms with Crippen molar-refractivity contribution < 1.29 is 38.1 Å². The fourth-order valence-electron chi connectivity index (χ4n) is 5.04. The fraction of sp³-hybridized carbons (Fsp3) is 0.167. The van der Waals surface area contributed by atoms with Gasteiger partial charge in [0, 0.05) is 10.4 Å². The summed E-state index contributed by atoms with van der Waals surface area (Å²) in [6.07, 6.45) is 0. The van der Waals surface area contributed by atoms with Crippen LogP contribution in [0.5, 0.6) is 23.0 Å². The average Bonchev–Trinajstić information content (AvgIpc) is 3.69. The number of fused-ring (bicyclic) bond motifs is 2. The van der Waals surface area contributed by atoms with E-state index in [1.807, 2.05) is 0 Å². The summed E-state index contributed by atoms with van der Waals surface area (Å²) >= 11 is 7.39. The summed E-state index contributed by atoms with van der Waals surface area (Å²) in [5.74, 6) is -0.977. The topological polar surface area (TPSA) is 121 Å². The molecule has 0 aliphatic carbocycles. The summed E-state index contributed by atoms with van der Waals surface area (Å²) in [6, 6.07) is 14.0. The van der Waals surface area contributed by atoms with Crippen LogP contribution in [-0.2, 0) is 4.79 Å². The molecule has 0 radical (unpaired) electrons. The van der Waals surface area contributed by atoms with Crippen LogP contribution in [0.4, 0.5) is 5.13 Å². The number of halogens is 1. The standard InChI is InChI=1S/C30H23ClN2O8S/c1-37-18-7-5-6-14-10-19(41-27(14)18)25(34)23-24(15-11-20(38-2)28(40-4)21(12-15)39-3)33(29(36)26(23)35)30-32-17-9-8-16(31)13-22(17)42-30/h5-13,24,35H,1-4H3. The number of thiazole rings is 1. The molecule has 3 aromatic carbocycles. The minimum atomic E-state index is -1.13. The Morgan fingerprint density at radius 1 is 0.976 bits per heavy atom. The van der Waals surface area contributed by atoms with Crippen molar-refractivity contribution >= 4 is 60.9 Å². The maximum atomic E-state index is 14.1. The number of carbonyl (C=O) groups excluding carboxylic acids is 2. The Morgan fingerprint density at radius 3 is 2.36 bits per heavy atom. The number of ketones is 1. The van der Waals surface area contributed by atoms with Crippen molar-refractivity contribution in [3.63, 3.8) is 0 Å². The van der Waals surface area contributed by atoms with Crippen molar-refractivity contribution in [2.45, 2.75) is 6.04 Å². The van der Waals surface area contributed by atoms with Crippen molar-refractivity contribution in [3.8, 4) is 23.0 Å². The third kappa shape index (κ3) is 4.29. The number of aromatic nitrogens is 1. The van der Waals surface area contributed by atoms with Gasteiger partial charge in [0.2, 0.25) is 11.5 Å². The quantitative estimate of drug-likeness (QED) is 0.197. The highest BCUT2D eigenvalue weighted by Crippen LogP contribution is 2.48. The first-order valence-corrected chi connectivity index (χ1v) is 13.7. The van der Waals surface area contributed by atoms with Gasteiger partial charge in [0.05, 0.1) is 50.3 Å². The van der Waals surface area contributed by atoms with Crippen molar-refractivity contribution in [1.82, 2.24) is 4.98 Å².